The topological polar surface area (TPSA) is 32.3 Å². The van der Waals surface area contributed by atoms with Crippen molar-refractivity contribution < 1.29 is 4.79 Å². The maximum Gasteiger partial charge on any atom is 0.234 e. The highest BCUT2D eigenvalue weighted by Gasteiger charge is 2.15. The Kier molecular flexibility index (Phi) is 6.16. The number of likely N-dealkylation sites (N-methyl/N-ethyl adjacent to an activating group) is 1. The van der Waals surface area contributed by atoms with Crippen LogP contribution in [0.5, 0.6) is 0 Å². The van der Waals surface area contributed by atoms with Crippen molar-refractivity contribution in [2.24, 2.45) is 0 Å². The molecule has 2 aromatic carbocycles. The molecule has 0 bridgehead atoms. The van der Waals surface area contributed by atoms with Gasteiger partial charge in [-0.3, -0.25) is 9.69 Å². The number of hydrogen-bond donors (Lipinski definition) is 1. The lowest BCUT2D eigenvalue weighted by Crippen LogP contribution is -2.37. The van der Waals surface area contributed by atoms with Gasteiger partial charge < -0.3 is 5.32 Å². The molecule has 0 saturated heterocycles. The van der Waals surface area contributed by atoms with E-state index in [1.807, 2.05) is 55.3 Å². The van der Waals surface area contributed by atoms with Gasteiger partial charge in [-0.15, -0.1) is 0 Å². The molecular weight excluding hydrogens is 272 g/mol. The fourth-order valence-electron chi connectivity index (χ4n) is 2.38. The molecule has 1 atom stereocenters. The fraction of sp³-hybridized carbons (Fsp3) is 0.316. The molecule has 0 heterocycles. The Balaban J connectivity index is 2.10. The monoisotopic (exact) mass is 296 g/mol. The Bertz CT molecular complexity index is 569. The largest absolute Gasteiger partial charge is 0.348 e. The van der Waals surface area contributed by atoms with Crippen molar-refractivity contribution in [2.75, 3.05) is 20.1 Å². The minimum atomic E-state index is 0.00126. The van der Waals surface area contributed by atoms with Crippen LogP contribution < -0.4 is 5.32 Å². The van der Waals surface area contributed by atoms with Crippen LogP contribution in [0.4, 0.5) is 0 Å². The molecule has 22 heavy (non-hydrogen) atoms. The first kappa shape index (κ1) is 16.2. The minimum Gasteiger partial charge on any atom is -0.348 e. The van der Waals surface area contributed by atoms with Crippen molar-refractivity contribution in [3.63, 3.8) is 0 Å². The van der Waals surface area contributed by atoms with E-state index in [0.29, 0.717) is 6.54 Å². The number of nitrogens with zero attached hydrogens (tertiary/aromatic N) is 1. The number of nitrogens with one attached hydrogen (secondary N) is 1. The van der Waals surface area contributed by atoms with Crippen LogP contribution in [0.2, 0.25) is 0 Å². The van der Waals surface area contributed by atoms with Crippen molar-refractivity contribution in [1.29, 1.82) is 0 Å². The first-order valence-corrected chi connectivity index (χ1v) is 7.75. The van der Waals surface area contributed by atoms with E-state index >= 15 is 0 Å². The van der Waals surface area contributed by atoms with Crippen molar-refractivity contribution in [3.05, 3.63) is 71.8 Å². The van der Waals surface area contributed by atoms with E-state index in [1.54, 1.807) is 0 Å². The molecule has 2 aromatic rings. The molecular formula is C19H24N2O. The zero-order chi connectivity index (χ0) is 15.8. The molecule has 0 saturated carbocycles. The van der Waals surface area contributed by atoms with Crippen LogP contribution >= 0.6 is 0 Å². The lowest BCUT2D eigenvalue weighted by molar-refractivity contribution is -0.122. The molecule has 0 fully saturated rings. The van der Waals surface area contributed by atoms with Crippen LogP contribution in [0, 0.1) is 0 Å². The lowest BCUT2D eigenvalue weighted by Gasteiger charge is -2.21. The van der Waals surface area contributed by atoms with Crippen LogP contribution in [0.3, 0.4) is 0 Å². The summed E-state index contributed by atoms with van der Waals surface area (Å²) < 4.78 is 0. The normalized spacial score (nSPS) is 12.1. The second-order valence-corrected chi connectivity index (χ2v) is 5.55. The molecule has 2 rings (SSSR count). The zero-order valence-corrected chi connectivity index (χ0v) is 13.3. The van der Waals surface area contributed by atoms with Gasteiger partial charge in [0.2, 0.25) is 5.91 Å². The Hall–Kier alpha value is -2.13. The molecule has 0 aromatic heterocycles. The smallest absolute Gasteiger partial charge is 0.234 e. The molecule has 0 aliphatic carbocycles. The molecule has 3 nitrogen and oxygen atoms in total. The summed E-state index contributed by atoms with van der Waals surface area (Å²) in [5.74, 6) is 0.0640. The molecule has 0 spiro atoms. The Morgan fingerprint density at radius 2 is 1.64 bits per heavy atom. The van der Waals surface area contributed by atoms with Gasteiger partial charge in [0.1, 0.15) is 0 Å². The third-order valence-electron chi connectivity index (χ3n) is 3.77. The highest BCUT2D eigenvalue weighted by Crippen LogP contribution is 2.18. The van der Waals surface area contributed by atoms with Gasteiger partial charge in [-0.1, -0.05) is 67.6 Å². The number of carbonyl (C=O) groups excluding carboxylic acids is 1. The summed E-state index contributed by atoms with van der Waals surface area (Å²) in [7, 11) is 1.95. The Morgan fingerprint density at radius 1 is 1.05 bits per heavy atom. The number of amides is 1. The van der Waals surface area contributed by atoms with Crippen molar-refractivity contribution in [1.82, 2.24) is 10.2 Å². The second-order valence-electron chi connectivity index (χ2n) is 5.55. The second kappa shape index (κ2) is 8.35. The Labute approximate surface area is 133 Å². The molecule has 1 amide bonds. The highest BCUT2D eigenvalue weighted by atomic mass is 16.2. The zero-order valence-electron chi connectivity index (χ0n) is 13.3. The summed E-state index contributed by atoms with van der Waals surface area (Å²) in [5.41, 5.74) is 2.36. The molecule has 1 N–H and O–H groups in total. The molecule has 0 radical (unpaired) electrons. The third-order valence-corrected chi connectivity index (χ3v) is 3.77. The summed E-state index contributed by atoms with van der Waals surface area (Å²) in [6.45, 7) is 3.34. The van der Waals surface area contributed by atoms with E-state index in [2.05, 4.69) is 29.6 Å². The van der Waals surface area contributed by atoms with Crippen LogP contribution in [0.1, 0.15) is 24.1 Å². The lowest BCUT2D eigenvalue weighted by atomic mass is 9.99. The van der Waals surface area contributed by atoms with Crippen LogP contribution in [-0.4, -0.2) is 30.9 Å². The number of rotatable bonds is 7. The van der Waals surface area contributed by atoms with Gasteiger partial charge in [-0.25, -0.2) is 0 Å². The first-order valence-electron chi connectivity index (χ1n) is 7.75. The van der Waals surface area contributed by atoms with E-state index < -0.39 is 0 Å². The minimum absolute atomic E-state index is 0.00126. The molecule has 3 heteroatoms. The molecule has 0 aliphatic rings. The molecule has 0 aliphatic heterocycles. The van der Waals surface area contributed by atoms with Gasteiger partial charge in [-0.2, -0.15) is 0 Å². The Morgan fingerprint density at radius 3 is 2.23 bits per heavy atom. The van der Waals surface area contributed by atoms with Crippen LogP contribution in [-0.2, 0) is 11.2 Å². The van der Waals surface area contributed by atoms with Gasteiger partial charge in [0.05, 0.1) is 12.6 Å². The SMILES string of the molecule is CCN(C)CC(=O)N[C@@H](Cc1ccccc1)c1ccccc1. The summed E-state index contributed by atoms with van der Waals surface area (Å²) in [5, 5.41) is 3.17. The first-order chi connectivity index (χ1) is 10.7. The maximum absolute atomic E-state index is 12.2. The number of carbonyl (C=O) groups is 1. The van der Waals surface area contributed by atoms with Crippen molar-refractivity contribution in [3.8, 4) is 0 Å². The van der Waals surface area contributed by atoms with E-state index in [-0.39, 0.29) is 11.9 Å². The standard InChI is InChI=1S/C19H24N2O/c1-3-21(2)15-19(22)20-18(17-12-8-5-9-13-17)14-16-10-6-4-7-11-16/h4-13,18H,3,14-15H2,1-2H3,(H,20,22)/t18-/m0/s1. The van der Waals surface area contributed by atoms with Gasteiger partial charge in [0.15, 0.2) is 0 Å². The van der Waals surface area contributed by atoms with E-state index in [4.69, 9.17) is 0 Å². The van der Waals surface area contributed by atoms with Gasteiger partial charge in [0, 0.05) is 0 Å². The average molecular weight is 296 g/mol. The van der Waals surface area contributed by atoms with E-state index in [0.717, 1.165) is 18.5 Å². The average Bonchev–Trinajstić information content (AvgIpc) is 2.56. The maximum atomic E-state index is 12.2. The van der Waals surface area contributed by atoms with Crippen LogP contribution in [0.15, 0.2) is 60.7 Å². The van der Waals surface area contributed by atoms with Gasteiger partial charge in [0.25, 0.3) is 0 Å². The molecule has 0 unspecified atom stereocenters. The molecule has 116 valence electrons. The predicted molar refractivity (Wildman–Crippen MR) is 90.6 cm³/mol. The van der Waals surface area contributed by atoms with E-state index in [1.165, 1.54) is 5.56 Å². The van der Waals surface area contributed by atoms with Crippen molar-refractivity contribution >= 4 is 5.91 Å². The predicted octanol–water partition coefficient (Wildman–Crippen LogP) is 3.04. The highest BCUT2D eigenvalue weighted by molar-refractivity contribution is 5.78. The number of benzene rings is 2. The van der Waals surface area contributed by atoms with E-state index in [9.17, 15) is 4.79 Å². The fourth-order valence-corrected chi connectivity index (χ4v) is 2.38. The quantitative estimate of drug-likeness (QED) is 0.852. The summed E-state index contributed by atoms with van der Waals surface area (Å²) >= 11 is 0. The van der Waals surface area contributed by atoms with Gasteiger partial charge in [-0.05, 0) is 31.1 Å². The van der Waals surface area contributed by atoms with Crippen LogP contribution in [0.25, 0.3) is 0 Å². The summed E-state index contributed by atoms with van der Waals surface area (Å²) in [4.78, 5) is 14.2. The summed E-state index contributed by atoms with van der Waals surface area (Å²) in [6.07, 6.45) is 0.798. The van der Waals surface area contributed by atoms with Gasteiger partial charge >= 0.3 is 0 Å². The van der Waals surface area contributed by atoms with Crippen molar-refractivity contribution in [2.45, 2.75) is 19.4 Å². The summed E-state index contributed by atoms with van der Waals surface area (Å²) in [6, 6.07) is 20.4. The third kappa shape index (κ3) is 5.01. The number of hydrogen-bond acceptors (Lipinski definition) is 2.